The van der Waals surface area contributed by atoms with E-state index in [-0.39, 0.29) is 37.9 Å². The molecule has 0 spiro atoms. The largest absolute Gasteiger partial charge is 0.508 e. The molecule has 0 bridgehead atoms. The quantitative estimate of drug-likeness (QED) is 0.561. The summed E-state index contributed by atoms with van der Waals surface area (Å²) in [5.74, 6) is -4.25. The maximum atomic E-state index is 13.9. The molecule has 0 aromatic heterocycles. The molecule has 2 unspecified atom stereocenters. The Morgan fingerprint density at radius 3 is 2.50 bits per heavy atom. The number of alkyl halides is 1. The first-order valence-corrected chi connectivity index (χ1v) is 8.49. The molecule has 6 nitrogen and oxygen atoms in total. The SMILES string of the molecule is Cc1cc(O)cc2c1C(=O)OC(C)CCC(F)C(=O)C(=O)C(=O)CCC2. The fourth-order valence-corrected chi connectivity index (χ4v) is 2.97. The van der Waals surface area contributed by atoms with Gasteiger partial charge in [0.1, 0.15) is 5.75 Å². The lowest BCUT2D eigenvalue weighted by Crippen LogP contribution is -2.32. The van der Waals surface area contributed by atoms with Crippen LogP contribution in [0.2, 0.25) is 0 Å². The van der Waals surface area contributed by atoms with Gasteiger partial charge in [0.15, 0.2) is 6.17 Å². The van der Waals surface area contributed by atoms with Gasteiger partial charge < -0.3 is 9.84 Å². The number of cyclic esters (lactones) is 1. The number of aryl methyl sites for hydroxylation is 2. The summed E-state index contributed by atoms with van der Waals surface area (Å²) >= 11 is 0. The number of hydrogen-bond donors (Lipinski definition) is 1. The monoisotopic (exact) mass is 364 g/mol. The molecule has 0 fully saturated rings. The van der Waals surface area contributed by atoms with Crippen LogP contribution in [0.1, 0.15) is 54.1 Å². The number of carbonyl (C=O) groups is 4. The Morgan fingerprint density at radius 1 is 1.12 bits per heavy atom. The van der Waals surface area contributed by atoms with Gasteiger partial charge in [-0.05, 0) is 62.8 Å². The summed E-state index contributed by atoms with van der Waals surface area (Å²) in [6, 6.07) is 2.84. The van der Waals surface area contributed by atoms with Crippen LogP contribution in [0, 0.1) is 6.92 Å². The number of esters is 1. The van der Waals surface area contributed by atoms with Gasteiger partial charge in [0.25, 0.3) is 5.78 Å². The molecule has 2 atom stereocenters. The highest BCUT2D eigenvalue weighted by Gasteiger charge is 2.31. The number of fused-ring (bicyclic) bond motifs is 1. The number of benzene rings is 1. The number of phenols is 1. The average Bonchev–Trinajstić information content (AvgIpc) is 2.56. The summed E-state index contributed by atoms with van der Waals surface area (Å²) < 4.78 is 19.2. The first kappa shape index (κ1) is 19.8. The van der Waals surface area contributed by atoms with Crippen LogP contribution < -0.4 is 0 Å². The van der Waals surface area contributed by atoms with Crippen LogP contribution in [0.5, 0.6) is 5.75 Å². The minimum absolute atomic E-state index is 0.0268. The Balaban J connectivity index is 2.35. The molecule has 0 amide bonds. The lowest BCUT2D eigenvalue weighted by Gasteiger charge is -2.18. The molecule has 1 aromatic rings. The third-order valence-corrected chi connectivity index (χ3v) is 4.35. The molecule has 1 aliphatic heterocycles. The molecule has 1 N–H and O–H groups in total. The molecule has 1 heterocycles. The van der Waals surface area contributed by atoms with E-state index < -0.39 is 35.6 Å². The summed E-state index contributed by atoms with van der Waals surface area (Å²) in [6.07, 6.45) is -2.88. The van der Waals surface area contributed by atoms with Crippen molar-refractivity contribution in [3.63, 3.8) is 0 Å². The number of halogens is 1. The maximum Gasteiger partial charge on any atom is 0.338 e. The second-order valence-electron chi connectivity index (χ2n) is 6.53. The van der Waals surface area contributed by atoms with Gasteiger partial charge in [-0.15, -0.1) is 0 Å². The van der Waals surface area contributed by atoms with E-state index in [9.17, 15) is 28.7 Å². The lowest BCUT2D eigenvalue weighted by atomic mass is 9.95. The Labute approximate surface area is 150 Å². The molecule has 140 valence electrons. The number of hydrogen-bond acceptors (Lipinski definition) is 6. The zero-order chi connectivity index (χ0) is 19.4. The van der Waals surface area contributed by atoms with Gasteiger partial charge in [-0.25, -0.2) is 9.18 Å². The molecular weight excluding hydrogens is 343 g/mol. The van der Waals surface area contributed by atoms with Crippen molar-refractivity contribution in [2.75, 3.05) is 0 Å². The normalized spacial score (nSPS) is 23.2. The fraction of sp³-hybridized carbons (Fsp3) is 0.474. The Kier molecular flexibility index (Phi) is 6.23. The molecule has 0 radical (unpaired) electrons. The average molecular weight is 364 g/mol. The van der Waals surface area contributed by atoms with Crippen molar-refractivity contribution in [1.29, 1.82) is 0 Å². The topological polar surface area (TPSA) is 97.7 Å². The van der Waals surface area contributed by atoms with E-state index in [1.165, 1.54) is 12.1 Å². The minimum atomic E-state index is -2.08. The van der Waals surface area contributed by atoms with Crippen molar-refractivity contribution >= 4 is 23.3 Å². The van der Waals surface area contributed by atoms with Crippen LogP contribution in [0.4, 0.5) is 4.39 Å². The molecule has 0 saturated heterocycles. The summed E-state index contributed by atoms with van der Waals surface area (Å²) in [6.45, 7) is 3.21. The van der Waals surface area contributed by atoms with Crippen LogP contribution in [0.15, 0.2) is 12.1 Å². The van der Waals surface area contributed by atoms with Crippen molar-refractivity contribution in [3.8, 4) is 5.75 Å². The van der Waals surface area contributed by atoms with E-state index in [1.54, 1.807) is 13.8 Å². The third-order valence-electron chi connectivity index (χ3n) is 4.35. The van der Waals surface area contributed by atoms with E-state index in [0.29, 0.717) is 16.7 Å². The minimum Gasteiger partial charge on any atom is -0.508 e. The van der Waals surface area contributed by atoms with Crippen LogP contribution in [-0.2, 0) is 25.5 Å². The molecule has 0 aliphatic carbocycles. The fourth-order valence-electron chi connectivity index (χ4n) is 2.97. The summed E-state index contributed by atoms with van der Waals surface area (Å²) in [7, 11) is 0. The molecule has 7 heteroatoms. The molecule has 0 saturated carbocycles. The van der Waals surface area contributed by atoms with Crippen molar-refractivity contribution in [2.45, 2.75) is 58.2 Å². The number of aromatic hydroxyl groups is 1. The zero-order valence-electron chi connectivity index (χ0n) is 14.7. The Hall–Kier alpha value is -2.57. The third kappa shape index (κ3) is 4.53. The van der Waals surface area contributed by atoms with E-state index in [1.807, 2.05) is 0 Å². The lowest BCUT2D eigenvalue weighted by molar-refractivity contribution is -0.146. The summed E-state index contributed by atoms with van der Waals surface area (Å²) in [4.78, 5) is 47.8. The maximum absolute atomic E-state index is 13.9. The number of carbonyl (C=O) groups excluding carboxylic acids is 4. The summed E-state index contributed by atoms with van der Waals surface area (Å²) in [5, 5.41) is 9.78. The number of Topliss-reactive ketones (excluding diaryl/α,β-unsaturated/α-hetero) is 3. The number of rotatable bonds is 0. The van der Waals surface area contributed by atoms with Gasteiger partial charge in [-0.3, -0.25) is 14.4 Å². The van der Waals surface area contributed by atoms with E-state index in [4.69, 9.17) is 4.74 Å². The van der Waals surface area contributed by atoms with Gasteiger partial charge in [-0.2, -0.15) is 0 Å². The first-order valence-electron chi connectivity index (χ1n) is 8.49. The molecule has 1 aromatic carbocycles. The summed E-state index contributed by atoms with van der Waals surface area (Å²) in [5.41, 5.74) is 1.30. The van der Waals surface area contributed by atoms with Gasteiger partial charge in [-0.1, -0.05) is 0 Å². The van der Waals surface area contributed by atoms with Crippen LogP contribution in [-0.4, -0.2) is 40.7 Å². The van der Waals surface area contributed by atoms with Crippen LogP contribution in [0.3, 0.4) is 0 Å². The predicted octanol–water partition coefficient (Wildman–Crippen LogP) is 2.41. The van der Waals surface area contributed by atoms with Crippen molar-refractivity contribution < 1.29 is 33.4 Å². The Morgan fingerprint density at radius 2 is 1.81 bits per heavy atom. The molecule has 1 aliphatic rings. The molecular formula is C19H21FO6. The highest BCUT2D eigenvalue weighted by Crippen LogP contribution is 2.25. The molecule has 26 heavy (non-hydrogen) atoms. The van der Waals surface area contributed by atoms with Crippen molar-refractivity contribution in [2.24, 2.45) is 0 Å². The smallest absolute Gasteiger partial charge is 0.338 e. The highest BCUT2D eigenvalue weighted by atomic mass is 19.1. The van der Waals surface area contributed by atoms with Crippen LogP contribution in [0.25, 0.3) is 0 Å². The number of ether oxygens (including phenoxy) is 1. The second-order valence-corrected chi connectivity index (χ2v) is 6.53. The van der Waals surface area contributed by atoms with E-state index >= 15 is 0 Å². The molecule has 2 rings (SSSR count). The van der Waals surface area contributed by atoms with Gasteiger partial charge >= 0.3 is 5.97 Å². The van der Waals surface area contributed by atoms with Crippen molar-refractivity contribution in [1.82, 2.24) is 0 Å². The van der Waals surface area contributed by atoms with E-state index in [0.717, 1.165) is 0 Å². The van der Waals surface area contributed by atoms with Crippen molar-refractivity contribution in [3.05, 3.63) is 28.8 Å². The van der Waals surface area contributed by atoms with Crippen LogP contribution >= 0.6 is 0 Å². The Bertz CT molecular complexity index is 755. The highest BCUT2D eigenvalue weighted by molar-refractivity contribution is 6.64. The standard InChI is InChI=1S/C19H21FO6/c1-10-8-13(21)9-12-4-3-5-15(22)18(24)17(23)14(20)7-6-11(2)26-19(25)16(10)12/h8-9,11,14,21H,3-7H2,1-2H3. The number of ketones is 3. The zero-order valence-corrected chi connectivity index (χ0v) is 14.7. The van der Waals surface area contributed by atoms with Gasteiger partial charge in [0.2, 0.25) is 11.6 Å². The first-order chi connectivity index (χ1) is 12.2. The second kappa shape index (κ2) is 8.21. The van der Waals surface area contributed by atoms with Gasteiger partial charge in [0.05, 0.1) is 11.7 Å². The van der Waals surface area contributed by atoms with E-state index in [2.05, 4.69) is 0 Å². The van der Waals surface area contributed by atoms with Gasteiger partial charge in [0, 0.05) is 6.42 Å². The number of phenolic OH excluding ortho intramolecular Hbond substituents is 1. The predicted molar refractivity (Wildman–Crippen MR) is 89.8 cm³/mol.